The van der Waals surface area contributed by atoms with Crippen molar-refractivity contribution in [2.24, 2.45) is 5.92 Å². The van der Waals surface area contributed by atoms with Crippen molar-refractivity contribution in [3.05, 3.63) is 36.5 Å². The summed E-state index contributed by atoms with van der Waals surface area (Å²) in [6.07, 6.45) is 3.67. The second-order valence-electron chi connectivity index (χ2n) is 4.43. The number of nitrogens with one attached hydrogen (secondary N) is 1. The smallest absolute Gasteiger partial charge is 0.120 e. The second kappa shape index (κ2) is 7.00. The first-order valence-electron chi connectivity index (χ1n) is 6.27. The van der Waals surface area contributed by atoms with E-state index in [1.807, 2.05) is 24.3 Å². The van der Waals surface area contributed by atoms with E-state index in [-0.39, 0.29) is 0 Å². The van der Waals surface area contributed by atoms with Gasteiger partial charge in [-0.2, -0.15) is 0 Å². The van der Waals surface area contributed by atoms with E-state index in [2.05, 4.69) is 25.7 Å². The summed E-state index contributed by atoms with van der Waals surface area (Å²) < 4.78 is 5.19. The summed E-state index contributed by atoms with van der Waals surface area (Å²) in [7, 11) is 1.68. The van der Waals surface area contributed by atoms with Crippen LogP contribution in [0, 0.1) is 5.92 Å². The summed E-state index contributed by atoms with van der Waals surface area (Å²) in [4.78, 5) is 0. The first-order valence-corrected chi connectivity index (χ1v) is 6.27. The topological polar surface area (TPSA) is 21.3 Å². The number of benzene rings is 1. The Kier molecular flexibility index (Phi) is 5.61. The molecule has 1 aromatic carbocycles. The molecule has 0 radical (unpaired) electrons. The van der Waals surface area contributed by atoms with Crippen molar-refractivity contribution in [1.29, 1.82) is 0 Å². The molecule has 94 valence electrons. The molecule has 2 heteroatoms. The van der Waals surface area contributed by atoms with Gasteiger partial charge in [-0.15, -0.1) is 0 Å². The van der Waals surface area contributed by atoms with E-state index in [9.17, 15) is 0 Å². The van der Waals surface area contributed by atoms with Crippen LogP contribution in [0.2, 0.25) is 0 Å². The Balaban J connectivity index is 2.54. The zero-order valence-electron chi connectivity index (χ0n) is 11.1. The SMILES string of the molecule is C=C(Nc1cccc(OC)c1)[C@@H](C)CCCC. The van der Waals surface area contributed by atoms with Crippen LogP contribution in [0.3, 0.4) is 0 Å². The van der Waals surface area contributed by atoms with E-state index in [1.165, 1.54) is 19.3 Å². The number of allylic oxidation sites excluding steroid dienone is 1. The quantitative estimate of drug-likeness (QED) is 0.751. The number of anilines is 1. The molecular weight excluding hydrogens is 210 g/mol. The van der Waals surface area contributed by atoms with E-state index >= 15 is 0 Å². The molecule has 2 nitrogen and oxygen atoms in total. The van der Waals surface area contributed by atoms with Crippen LogP contribution in [0.4, 0.5) is 5.69 Å². The standard InChI is InChI=1S/C15H23NO/c1-5-6-8-12(2)13(3)16-14-9-7-10-15(11-14)17-4/h7,9-12,16H,3,5-6,8H2,1-2,4H3/t12-/m0/s1. The zero-order valence-corrected chi connectivity index (χ0v) is 11.1. The van der Waals surface area contributed by atoms with Crippen LogP contribution in [0.1, 0.15) is 33.1 Å². The fourth-order valence-electron chi connectivity index (χ4n) is 1.69. The molecule has 17 heavy (non-hydrogen) atoms. The third-order valence-electron chi connectivity index (χ3n) is 2.96. The predicted molar refractivity (Wildman–Crippen MR) is 74.4 cm³/mol. The highest BCUT2D eigenvalue weighted by Gasteiger charge is 2.06. The van der Waals surface area contributed by atoms with Crippen molar-refractivity contribution in [3.8, 4) is 5.75 Å². The van der Waals surface area contributed by atoms with Crippen molar-refractivity contribution in [3.63, 3.8) is 0 Å². The van der Waals surface area contributed by atoms with Gasteiger partial charge in [0.25, 0.3) is 0 Å². The summed E-state index contributed by atoms with van der Waals surface area (Å²) in [5.41, 5.74) is 2.12. The maximum atomic E-state index is 5.19. The fourth-order valence-corrected chi connectivity index (χ4v) is 1.69. The van der Waals surface area contributed by atoms with Crippen molar-refractivity contribution >= 4 is 5.69 Å². The molecule has 0 aliphatic carbocycles. The highest BCUT2D eigenvalue weighted by atomic mass is 16.5. The third kappa shape index (κ3) is 4.51. The van der Waals surface area contributed by atoms with Gasteiger partial charge in [0.05, 0.1) is 7.11 Å². The molecular formula is C15H23NO. The molecule has 0 spiro atoms. The van der Waals surface area contributed by atoms with Gasteiger partial charge in [0, 0.05) is 17.5 Å². The lowest BCUT2D eigenvalue weighted by molar-refractivity contribution is 0.415. The molecule has 1 atom stereocenters. The van der Waals surface area contributed by atoms with Crippen molar-refractivity contribution in [1.82, 2.24) is 0 Å². The Morgan fingerprint density at radius 2 is 2.24 bits per heavy atom. The summed E-state index contributed by atoms with van der Waals surface area (Å²) in [6.45, 7) is 8.53. The van der Waals surface area contributed by atoms with Gasteiger partial charge in [0.2, 0.25) is 0 Å². The van der Waals surface area contributed by atoms with Crippen LogP contribution < -0.4 is 10.1 Å². The summed E-state index contributed by atoms with van der Waals surface area (Å²) >= 11 is 0. The number of hydrogen-bond acceptors (Lipinski definition) is 2. The maximum absolute atomic E-state index is 5.19. The summed E-state index contributed by atoms with van der Waals surface area (Å²) in [5, 5.41) is 3.35. The van der Waals surface area contributed by atoms with Crippen LogP contribution in [0.15, 0.2) is 36.5 Å². The Hall–Kier alpha value is -1.44. The Morgan fingerprint density at radius 3 is 2.88 bits per heavy atom. The molecule has 0 heterocycles. The van der Waals surface area contributed by atoms with Gasteiger partial charge in [-0.1, -0.05) is 39.3 Å². The molecule has 0 unspecified atom stereocenters. The van der Waals surface area contributed by atoms with Crippen LogP contribution in [-0.4, -0.2) is 7.11 Å². The fraction of sp³-hybridized carbons (Fsp3) is 0.467. The van der Waals surface area contributed by atoms with Crippen LogP contribution >= 0.6 is 0 Å². The maximum Gasteiger partial charge on any atom is 0.120 e. The molecule has 0 aliphatic heterocycles. The lowest BCUT2D eigenvalue weighted by atomic mass is 10.0. The minimum Gasteiger partial charge on any atom is -0.497 e. The molecule has 0 aliphatic rings. The van der Waals surface area contributed by atoms with Crippen LogP contribution in [-0.2, 0) is 0 Å². The molecule has 1 N–H and O–H groups in total. The van der Waals surface area contributed by atoms with E-state index in [4.69, 9.17) is 4.74 Å². The van der Waals surface area contributed by atoms with Crippen LogP contribution in [0.5, 0.6) is 5.75 Å². The molecule has 1 rings (SSSR count). The second-order valence-corrected chi connectivity index (χ2v) is 4.43. The lowest BCUT2D eigenvalue weighted by Crippen LogP contribution is -2.07. The van der Waals surface area contributed by atoms with Gasteiger partial charge in [0.15, 0.2) is 0 Å². The largest absolute Gasteiger partial charge is 0.497 e. The predicted octanol–water partition coefficient (Wildman–Crippen LogP) is 4.45. The van der Waals surface area contributed by atoms with E-state index in [1.54, 1.807) is 7.11 Å². The monoisotopic (exact) mass is 233 g/mol. The molecule has 0 amide bonds. The third-order valence-corrected chi connectivity index (χ3v) is 2.96. The van der Waals surface area contributed by atoms with Gasteiger partial charge in [-0.05, 0) is 24.5 Å². The van der Waals surface area contributed by atoms with Crippen molar-refractivity contribution in [2.75, 3.05) is 12.4 Å². The first kappa shape index (κ1) is 13.6. The summed E-state index contributed by atoms with van der Waals surface area (Å²) in [6, 6.07) is 7.93. The summed E-state index contributed by atoms with van der Waals surface area (Å²) in [5.74, 6) is 1.37. The molecule has 1 aromatic rings. The number of ether oxygens (including phenoxy) is 1. The normalized spacial score (nSPS) is 11.9. The minimum absolute atomic E-state index is 0.501. The Bertz CT molecular complexity index is 360. The number of methoxy groups -OCH3 is 1. The Morgan fingerprint density at radius 1 is 1.47 bits per heavy atom. The van der Waals surface area contributed by atoms with Crippen molar-refractivity contribution in [2.45, 2.75) is 33.1 Å². The van der Waals surface area contributed by atoms with Gasteiger partial charge in [-0.25, -0.2) is 0 Å². The highest BCUT2D eigenvalue weighted by molar-refractivity contribution is 5.51. The van der Waals surface area contributed by atoms with E-state index < -0.39 is 0 Å². The van der Waals surface area contributed by atoms with Crippen molar-refractivity contribution < 1.29 is 4.74 Å². The minimum atomic E-state index is 0.501. The van der Waals surface area contributed by atoms with Gasteiger partial charge >= 0.3 is 0 Å². The van der Waals surface area contributed by atoms with Gasteiger partial charge in [0.1, 0.15) is 5.75 Å². The molecule has 0 saturated heterocycles. The zero-order chi connectivity index (χ0) is 12.7. The van der Waals surface area contributed by atoms with E-state index in [0.29, 0.717) is 5.92 Å². The molecule has 0 saturated carbocycles. The first-order chi connectivity index (χ1) is 8.17. The van der Waals surface area contributed by atoms with Gasteiger partial charge in [-0.3, -0.25) is 0 Å². The number of hydrogen-bond donors (Lipinski definition) is 1. The average molecular weight is 233 g/mol. The van der Waals surface area contributed by atoms with Crippen LogP contribution in [0.25, 0.3) is 0 Å². The number of unbranched alkanes of at least 4 members (excludes halogenated alkanes) is 1. The van der Waals surface area contributed by atoms with Gasteiger partial charge < -0.3 is 10.1 Å². The molecule has 0 fully saturated rings. The number of rotatable bonds is 7. The molecule has 0 aromatic heterocycles. The highest BCUT2D eigenvalue weighted by Crippen LogP contribution is 2.22. The average Bonchev–Trinajstić information content (AvgIpc) is 2.36. The Labute approximate surface area is 105 Å². The van der Waals surface area contributed by atoms with E-state index in [0.717, 1.165) is 17.1 Å². The molecule has 0 bridgehead atoms. The lowest BCUT2D eigenvalue weighted by Gasteiger charge is -2.17.